The van der Waals surface area contributed by atoms with Crippen LogP contribution in [0.5, 0.6) is 5.75 Å². The van der Waals surface area contributed by atoms with E-state index < -0.39 is 23.3 Å². The molecule has 0 aliphatic carbocycles. The molecule has 98 valence electrons. The molecule has 5 nitrogen and oxygen atoms in total. The highest BCUT2D eigenvalue weighted by Gasteiger charge is 2.35. The fourth-order valence-electron chi connectivity index (χ4n) is 1.31. The number of hydrogen-bond acceptors (Lipinski definition) is 3. The molecule has 1 unspecified atom stereocenters. The van der Waals surface area contributed by atoms with E-state index in [9.17, 15) is 14.7 Å². The van der Waals surface area contributed by atoms with Crippen molar-refractivity contribution in [3.8, 4) is 5.75 Å². The summed E-state index contributed by atoms with van der Waals surface area (Å²) in [7, 11) is 0. The third kappa shape index (κ3) is 2.80. The molecule has 1 rings (SSSR count). The van der Waals surface area contributed by atoms with Gasteiger partial charge >= 0.3 is 5.97 Å². The molecule has 0 bridgehead atoms. The molecule has 5 heteroatoms. The predicted molar refractivity (Wildman–Crippen MR) is 66.5 cm³/mol. The van der Waals surface area contributed by atoms with Crippen molar-refractivity contribution in [2.24, 2.45) is 5.41 Å². The Balaban J connectivity index is 2.84. The van der Waals surface area contributed by atoms with Gasteiger partial charge in [0.15, 0.2) is 0 Å². The molecule has 0 spiro atoms. The summed E-state index contributed by atoms with van der Waals surface area (Å²) in [6, 6.07) is 5.55. The maximum absolute atomic E-state index is 11.9. The zero-order valence-corrected chi connectivity index (χ0v) is 10.6. The monoisotopic (exact) mass is 251 g/mol. The number of phenolic OH excluding ortho intramolecular Hbond substituents is 1. The smallest absolute Gasteiger partial charge is 0.311 e. The first kappa shape index (κ1) is 14.0. The van der Waals surface area contributed by atoms with E-state index in [0.717, 1.165) is 0 Å². The minimum absolute atomic E-state index is 0.129. The number of rotatable bonds is 4. The summed E-state index contributed by atoms with van der Waals surface area (Å²) in [6.07, 6.45) is 0. The lowest BCUT2D eigenvalue weighted by molar-refractivity contribution is -0.148. The van der Waals surface area contributed by atoms with Crippen LogP contribution in [-0.4, -0.2) is 28.1 Å². The number of carbonyl (C=O) groups is 2. The summed E-state index contributed by atoms with van der Waals surface area (Å²) in [6.45, 7) is 4.68. The zero-order valence-electron chi connectivity index (χ0n) is 10.6. The second kappa shape index (κ2) is 5.08. The van der Waals surface area contributed by atoms with E-state index in [0.29, 0.717) is 0 Å². The summed E-state index contributed by atoms with van der Waals surface area (Å²) < 4.78 is 0. The Morgan fingerprint density at radius 2 is 1.83 bits per heavy atom. The van der Waals surface area contributed by atoms with Gasteiger partial charge in [0.05, 0.1) is 11.0 Å². The molecular formula is C13H17NO4. The van der Waals surface area contributed by atoms with Crippen LogP contribution in [0.25, 0.3) is 0 Å². The molecule has 0 saturated heterocycles. The van der Waals surface area contributed by atoms with E-state index in [4.69, 9.17) is 5.11 Å². The molecule has 3 N–H and O–H groups in total. The van der Waals surface area contributed by atoms with Crippen LogP contribution in [0.2, 0.25) is 0 Å². The molecule has 1 atom stereocenters. The number of benzene rings is 1. The Bertz CT molecular complexity index is 468. The van der Waals surface area contributed by atoms with Crippen LogP contribution in [0.15, 0.2) is 24.3 Å². The van der Waals surface area contributed by atoms with Gasteiger partial charge in [0.1, 0.15) is 5.75 Å². The number of hydrogen-bond donors (Lipinski definition) is 3. The fourth-order valence-corrected chi connectivity index (χ4v) is 1.31. The molecule has 1 aromatic carbocycles. The first-order valence-corrected chi connectivity index (χ1v) is 5.59. The lowest BCUT2D eigenvalue weighted by Gasteiger charge is -2.28. The number of carboxylic acids is 1. The van der Waals surface area contributed by atoms with Crippen molar-refractivity contribution in [2.45, 2.75) is 26.8 Å². The number of carbonyl (C=O) groups excluding carboxylic acids is 1. The van der Waals surface area contributed by atoms with Gasteiger partial charge in [0.2, 0.25) is 0 Å². The molecule has 1 aromatic rings. The Morgan fingerprint density at radius 1 is 1.28 bits per heavy atom. The first-order chi connectivity index (χ1) is 8.26. The van der Waals surface area contributed by atoms with Gasteiger partial charge in [-0.05, 0) is 32.9 Å². The molecule has 0 aromatic heterocycles. The summed E-state index contributed by atoms with van der Waals surface area (Å²) in [5, 5.41) is 21.2. The number of para-hydroxylation sites is 1. The van der Waals surface area contributed by atoms with E-state index in [1.165, 1.54) is 26.0 Å². The molecule has 0 fully saturated rings. The number of amides is 1. The van der Waals surface area contributed by atoms with Crippen LogP contribution >= 0.6 is 0 Å². The summed E-state index contributed by atoms with van der Waals surface area (Å²) in [5.41, 5.74) is -0.953. The molecule has 0 heterocycles. The maximum Gasteiger partial charge on any atom is 0.311 e. The second-order valence-electron chi connectivity index (χ2n) is 4.74. The Labute approximate surface area is 105 Å². The standard InChI is InChI=1S/C13H17NO4/c1-8(13(2,3)12(17)18)14-11(16)9-6-4-5-7-10(9)15/h4-8,15H,1-3H3,(H,14,16)(H,17,18). The second-order valence-corrected chi connectivity index (χ2v) is 4.74. The van der Waals surface area contributed by atoms with E-state index >= 15 is 0 Å². The Kier molecular flexibility index (Phi) is 3.96. The number of aromatic hydroxyl groups is 1. The normalized spacial score (nSPS) is 12.8. The van der Waals surface area contributed by atoms with Crippen molar-refractivity contribution in [1.29, 1.82) is 0 Å². The number of nitrogens with one attached hydrogen (secondary N) is 1. The van der Waals surface area contributed by atoms with Crippen molar-refractivity contribution >= 4 is 11.9 Å². The van der Waals surface area contributed by atoms with Crippen molar-refractivity contribution in [1.82, 2.24) is 5.32 Å². The topological polar surface area (TPSA) is 86.6 Å². The van der Waals surface area contributed by atoms with Crippen molar-refractivity contribution in [3.05, 3.63) is 29.8 Å². The van der Waals surface area contributed by atoms with Gasteiger partial charge < -0.3 is 15.5 Å². The summed E-state index contributed by atoms with van der Waals surface area (Å²) in [4.78, 5) is 22.9. The van der Waals surface area contributed by atoms with Gasteiger partial charge in [-0.1, -0.05) is 12.1 Å². The van der Waals surface area contributed by atoms with Crippen LogP contribution < -0.4 is 5.32 Å². The average molecular weight is 251 g/mol. The van der Waals surface area contributed by atoms with E-state index in [1.54, 1.807) is 19.1 Å². The van der Waals surface area contributed by atoms with Crippen molar-refractivity contribution in [3.63, 3.8) is 0 Å². The molecule has 0 aliphatic rings. The number of phenols is 1. The van der Waals surface area contributed by atoms with Gasteiger partial charge in [-0.15, -0.1) is 0 Å². The molecule has 0 aliphatic heterocycles. The average Bonchev–Trinajstić information content (AvgIpc) is 2.28. The van der Waals surface area contributed by atoms with E-state index in [2.05, 4.69) is 5.32 Å². The molecule has 1 amide bonds. The molecular weight excluding hydrogens is 234 g/mol. The minimum Gasteiger partial charge on any atom is -0.507 e. The van der Waals surface area contributed by atoms with Gasteiger partial charge in [0, 0.05) is 6.04 Å². The number of aliphatic carboxylic acids is 1. The van der Waals surface area contributed by atoms with E-state index in [1.807, 2.05) is 0 Å². The lowest BCUT2D eigenvalue weighted by atomic mass is 9.85. The highest BCUT2D eigenvalue weighted by atomic mass is 16.4. The van der Waals surface area contributed by atoms with Gasteiger partial charge in [-0.25, -0.2) is 0 Å². The van der Waals surface area contributed by atoms with Crippen LogP contribution in [0.1, 0.15) is 31.1 Å². The SMILES string of the molecule is CC(NC(=O)c1ccccc1O)C(C)(C)C(=O)O. The predicted octanol–water partition coefficient (Wildman–Crippen LogP) is 1.62. The van der Waals surface area contributed by atoms with Gasteiger partial charge in [0.25, 0.3) is 5.91 Å². The lowest BCUT2D eigenvalue weighted by Crippen LogP contribution is -2.47. The Hall–Kier alpha value is -2.04. The maximum atomic E-state index is 11.9. The fraction of sp³-hybridized carbons (Fsp3) is 0.385. The van der Waals surface area contributed by atoms with Crippen molar-refractivity contribution in [2.75, 3.05) is 0 Å². The molecule has 0 radical (unpaired) electrons. The van der Waals surface area contributed by atoms with Gasteiger partial charge in [-0.3, -0.25) is 9.59 Å². The number of carboxylic acid groups (broad SMARTS) is 1. The van der Waals surface area contributed by atoms with Crippen molar-refractivity contribution < 1.29 is 19.8 Å². The summed E-state index contributed by atoms with van der Waals surface area (Å²) >= 11 is 0. The largest absolute Gasteiger partial charge is 0.507 e. The van der Waals surface area contributed by atoms with Crippen LogP contribution in [0, 0.1) is 5.41 Å². The zero-order chi connectivity index (χ0) is 13.9. The van der Waals surface area contributed by atoms with E-state index in [-0.39, 0.29) is 11.3 Å². The van der Waals surface area contributed by atoms with Gasteiger partial charge in [-0.2, -0.15) is 0 Å². The highest BCUT2D eigenvalue weighted by molar-refractivity contribution is 5.97. The van der Waals surface area contributed by atoms with Crippen LogP contribution in [-0.2, 0) is 4.79 Å². The Morgan fingerprint density at radius 3 is 2.33 bits per heavy atom. The van der Waals surface area contributed by atoms with Crippen LogP contribution in [0.4, 0.5) is 0 Å². The third-order valence-corrected chi connectivity index (χ3v) is 3.13. The van der Waals surface area contributed by atoms with Crippen LogP contribution in [0.3, 0.4) is 0 Å². The first-order valence-electron chi connectivity index (χ1n) is 5.59. The summed E-state index contributed by atoms with van der Waals surface area (Å²) in [5.74, 6) is -1.61. The minimum atomic E-state index is -1.08. The third-order valence-electron chi connectivity index (χ3n) is 3.13. The molecule has 18 heavy (non-hydrogen) atoms. The molecule has 0 saturated carbocycles. The quantitative estimate of drug-likeness (QED) is 0.759. The highest BCUT2D eigenvalue weighted by Crippen LogP contribution is 2.22.